The van der Waals surface area contributed by atoms with Gasteiger partial charge in [-0.25, -0.2) is 8.78 Å². The molecule has 0 unspecified atom stereocenters. The summed E-state index contributed by atoms with van der Waals surface area (Å²) in [6, 6.07) is 15.6. The zero-order valence-electron chi connectivity index (χ0n) is 16.3. The highest BCUT2D eigenvalue weighted by Gasteiger charge is 2.30. The van der Waals surface area contributed by atoms with Crippen LogP contribution in [0.3, 0.4) is 0 Å². The third kappa shape index (κ3) is 4.19. The van der Waals surface area contributed by atoms with Gasteiger partial charge in [0.15, 0.2) is 5.84 Å². The molecule has 0 bridgehead atoms. The van der Waals surface area contributed by atoms with Gasteiger partial charge in [-0.1, -0.05) is 42.5 Å². The van der Waals surface area contributed by atoms with Crippen LogP contribution in [0.2, 0.25) is 0 Å². The number of nitrogens with zero attached hydrogens (tertiary/aromatic N) is 3. The first kappa shape index (κ1) is 20.7. The summed E-state index contributed by atoms with van der Waals surface area (Å²) in [5.41, 5.74) is 1.82. The molecule has 0 aliphatic carbocycles. The fourth-order valence-electron chi connectivity index (χ4n) is 3.32. The minimum atomic E-state index is -4.38. The lowest BCUT2D eigenvalue weighted by atomic mass is 10.0. The number of amidine groups is 1. The van der Waals surface area contributed by atoms with Crippen LogP contribution in [-0.4, -0.2) is 30.1 Å². The Hall–Kier alpha value is -3.55. The van der Waals surface area contributed by atoms with E-state index in [0.29, 0.717) is 11.3 Å². The van der Waals surface area contributed by atoms with Gasteiger partial charge in [-0.15, -0.1) is 0 Å². The van der Waals surface area contributed by atoms with Crippen molar-refractivity contribution in [1.29, 1.82) is 0 Å². The largest absolute Gasteiger partial charge is 0.416 e. The summed E-state index contributed by atoms with van der Waals surface area (Å²) >= 11 is 0. The van der Waals surface area contributed by atoms with E-state index in [2.05, 4.69) is 10.1 Å². The summed E-state index contributed by atoms with van der Waals surface area (Å²) in [5, 5.41) is 5.72. The number of rotatable bonds is 3. The van der Waals surface area contributed by atoms with E-state index in [4.69, 9.17) is 0 Å². The first-order chi connectivity index (χ1) is 14.7. The molecule has 0 N–H and O–H groups in total. The molecule has 4 rings (SSSR count). The lowest BCUT2D eigenvalue weighted by Gasteiger charge is -2.23. The second kappa shape index (κ2) is 7.94. The third-order valence-electron chi connectivity index (χ3n) is 4.91. The van der Waals surface area contributed by atoms with Crippen LogP contribution in [0.25, 0.3) is 11.1 Å². The molecule has 1 aliphatic heterocycles. The van der Waals surface area contributed by atoms with Crippen LogP contribution in [0.4, 0.5) is 22.0 Å². The number of benzene rings is 3. The van der Waals surface area contributed by atoms with E-state index in [1.54, 1.807) is 31.3 Å². The fourth-order valence-corrected chi connectivity index (χ4v) is 3.32. The van der Waals surface area contributed by atoms with Crippen LogP contribution < -0.4 is 0 Å². The Balaban J connectivity index is 1.54. The molecule has 0 radical (unpaired) electrons. The van der Waals surface area contributed by atoms with Crippen molar-refractivity contribution in [3.8, 4) is 11.1 Å². The molecule has 0 saturated carbocycles. The number of halogens is 5. The Morgan fingerprint density at radius 3 is 1.81 bits per heavy atom. The predicted octanol–water partition coefficient (Wildman–Crippen LogP) is 5.75. The van der Waals surface area contributed by atoms with E-state index in [-0.39, 0.29) is 17.9 Å². The number of alkyl halides is 3. The Morgan fingerprint density at radius 1 is 0.774 bits per heavy atom. The molecular formula is C23H16F5N3. The van der Waals surface area contributed by atoms with Crippen molar-refractivity contribution in [1.82, 2.24) is 5.01 Å². The lowest BCUT2D eigenvalue weighted by Crippen LogP contribution is -2.31. The second-order valence-electron chi connectivity index (χ2n) is 6.96. The van der Waals surface area contributed by atoms with Crippen LogP contribution in [0.5, 0.6) is 0 Å². The summed E-state index contributed by atoms with van der Waals surface area (Å²) in [6.07, 6.45) is -4.38. The van der Waals surface area contributed by atoms with Crippen molar-refractivity contribution in [2.75, 3.05) is 13.6 Å². The fraction of sp³-hybridized carbons (Fsp3) is 0.130. The summed E-state index contributed by atoms with van der Waals surface area (Å²) in [7, 11) is 1.56. The zero-order valence-corrected chi connectivity index (χ0v) is 16.3. The first-order valence-electron chi connectivity index (χ1n) is 9.32. The van der Waals surface area contributed by atoms with Crippen LogP contribution >= 0.6 is 0 Å². The molecule has 0 aromatic heterocycles. The maximum Gasteiger partial charge on any atom is 0.416 e. The van der Waals surface area contributed by atoms with Crippen LogP contribution in [0.1, 0.15) is 16.7 Å². The molecule has 1 heterocycles. The molecule has 3 nitrogen and oxygen atoms in total. The molecule has 0 amide bonds. The van der Waals surface area contributed by atoms with Gasteiger partial charge in [0.1, 0.15) is 11.6 Å². The molecule has 8 heteroatoms. The van der Waals surface area contributed by atoms with Gasteiger partial charge in [-0.3, -0.25) is 10.0 Å². The minimum Gasteiger partial charge on any atom is -0.260 e. The van der Waals surface area contributed by atoms with Crippen molar-refractivity contribution in [3.63, 3.8) is 0 Å². The highest BCUT2D eigenvalue weighted by atomic mass is 19.4. The average Bonchev–Trinajstić information content (AvgIpc) is 2.74. The molecule has 3 aromatic carbocycles. The van der Waals surface area contributed by atoms with E-state index in [1.807, 2.05) is 0 Å². The maximum atomic E-state index is 14.1. The van der Waals surface area contributed by atoms with Gasteiger partial charge >= 0.3 is 6.18 Å². The maximum absolute atomic E-state index is 14.1. The van der Waals surface area contributed by atoms with E-state index in [0.717, 1.165) is 35.4 Å². The smallest absolute Gasteiger partial charge is 0.260 e. The second-order valence-corrected chi connectivity index (χ2v) is 6.96. The Morgan fingerprint density at radius 2 is 1.29 bits per heavy atom. The summed E-state index contributed by atoms with van der Waals surface area (Å²) in [5.74, 6) is -1.34. The molecule has 1 aliphatic rings. The van der Waals surface area contributed by atoms with Gasteiger partial charge in [-0.2, -0.15) is 18.3 Å². The van der Waals surface area contributed by atoms with Gasteiger partial charge in [0.2, 0.25) is 0 Å². The molecular weight excluding hydrogens is 413 g/mol. The van der Waals surface area contributed by atoms with Crippen molar-refractivity contribution in [2.45, 2.75) is 6.18 Å². The standard InChI is InChI=1S/C23H16F5N3/c1-31-22(21-18(24)3-2-4-19(21)25)29-13-20(30-31)16-7-5-14(6-8-16)15-9-11-17(12-10-15)23(26,27)28/h2-12H,13H2,1H3. The van der Waals surface area contributed by atoms with Gasteiger partial charge in [0, 0.05) is 7.05 Å². The number of hydrogen-bond donors (Lipinski definition) is 0. The Labute approximate surface area is 175 Å². The predicted molar refractivity (Wildman–Crippen MR) is 109 cm³/mol. The van der Waals surface area contributed by atoms with Crippen molar-refractivity contribution >= 4 is 11.5 Å². The normalized spacial score (nSPS) is 14.3. The minimum absolute atomic E-state index is 0.0979. The Kier molecular flexibility index (Phi) is 5.31. The molecule has 0 spiro atoms. The van der Waals surface area contributed by atoms with Crippen LogP contribution in [0.15, 0.2) is 76.8 Å². The van der Waals surface area contributed by atoms with E-state index in [9.17, 15) is 22.0 Å². The number of hydrazone groups is 1. The number of hydrogen-bond acceptors (Lipinski definition) is 3. The molecule has 158 valence electrons. The highest BCUT2D eigenvalue weighted by molar-refractivity contribution is 6.08. The molecule has 31 heavy (non-hydrogen) atoms. The number of aliphatic imine (C=N–C) groups is 1. The topological polar surface area (TPSA) is 28.0 Å². The molecule has 0 saturated heterocycles. The average molecular weight is 429 g/mol. The van der Waals surface area contributed by atoms with Crippen LogP contribution in [0, 0.1) is 11.6 Å². The highest BCUT2D eigenvalue weighted by Crippen LogP contribution is 2.31. The van der Waals surface area contributed by atoms with Gasteiger partial charge in [-0.05, 0) is 41.0 Å². The summed E-state index contributed by atoms with van der Waals surface area (Å²) in [6.45, 7) is 0.132. The summed E-state index contributed by atoms with van der Waals surface area (Å²) in [4.78, 5) is 4.30. The monoisotopic (exact) mass is 429 g/mol. The molecule has 3 aromatic rings. The van der Waals surface area contributed by atoms with Gasteiger partial charge in [0.05, 0.1) is 23.4 Å². The lowest BCUT2D eigenvalue weighted by molar-refractivity contribution is -0.137. The van der Waals surface area contributed by atoms with Gasteiger partial charge in [0.25, 0.3) is 0 Å². The van der Waals surface area contributed by atoms with E-state index in [1.165, 1.54) is 23.2 Å². The zero-order chi connectivity index (χ0) is 22.2. The Bertz CT molecular complexity index is 1140. The van der Waals surface area contributed by atoms with Crippen molar-refractivity contribution in [2.24, 2.45) is 10.1 Å². The molecule has 0 fully saturated rings. The van der Waals surface area contributed by atoms with Crippen molar-refractivity contribution in [3.05, 3.63) is 95.1 Å². The summed E-state index contributed by atoms with van der Waals surface area (Å²) < 4.78 is 66.3. The van der Waals surface area contributed by atoms with Crippen molar-refractivity contribution < 1.29 is 22.0 Å². The quantitative estimate of drug-likeness (QED) is 0.488. The van der Waals surface area contributed by atoms with E-state index >= 15 is 0 Å². The van der Waals surface area contributed by atoms with E-state index < -0.39 is 23.4 Å². The SMILES string of the molecule is CN1N=C(c2ccc(-c3ccc(C(F)(F)F)cc3)cc2)CN=C1c1c(F)cccc1F. The van der Waals surface area contributed by atoms with Crippen LogP contribution in [-0.2, 0) is 6.18 Å². The molecule has 0 atom stereocenters. The van der Waals surface area contributed by atoms with Gasteiger partial charge < -0.3 is 0 Å². The first-order valence-corrected chi connectivity index (χ1v) is 9.32. The third-order valence-corrected chi connectivity index (χ3v) is 4.91.